The van der Waals surface area contributed by atoms with E-state index in [1.165, 1.54) is 11.8 Å². The lowest BCUT2D eigenvalue weighted by Crippen LogP contribution is -2.19. The molecular formula is C22H18N2O3S. The number of nitrogens with one attached hydrogen (secondary N) is 1. The fraction of sp³-hybridized carbons (Fsp3) is 0.0909. The van der Waals surface area contributed by atoms with Gasteiger partial charge in [-0.3, -0.25) is 4.79 Å². The highest BCUT2D eigenvalue weighted by Crippen LogP contribution is 2.33. The van der Waals surface area contributed by atoms with Crippen molar-refractivity contribution in [1.29, 1.82) is 0 Å². The highest BCUT2D eigenvalue weighted by molar-refractivity contribution is 8.18. The molecule has 3 aromatic rings. The molecule has 28 heavy (non-hydrogen) atoms. The van der Waals surface area contributed by atoms with Crippen LogP contribution in [0.5, 0.6) is 11.5 Å². The molecule has 4 rings (SSSR count). The molecule has 1 amide bonds. The Bertz CT molecular complexity index is 1110. The molecule has 0 radical (unpaired) electrons. The number of aliphatic imine (C=N–C) groups is 1. The van der Waals surface area contributed by atoms with Crippen molar-refractivity contribution in [2.75, 3.05) is 14.2 Å². The second-order valence-corrected chi connectivity index (χ2v) is 7.16. The molecule has 3 aromatic carbocycles. The van der Waals surface area contributed by atoms with Gasteiger partial charge in [-0.25, -0.2) is 4.99 Å². The third-order valence-electron chi connectivity index (χ3n) is 4.32. The van der Waals surface area contributed by atoms with Crippen molar-refractivity contribution in [2.24, 2.45) is 4.99 Å². The summed E-state index contributed by atoms with van der Waals surface area (Å²) in [5, 5.41) is 5.41. The quantitative estimate of drug-likeness (QED) is 0.653. The van der Waals surface area contributed by atoms with Crippen molar-refractivity contribution in [2.45, 2.75) is 0 Å². The molecule has 0 atom stereocenters. The van der Waals surface area contributed by atoms with Gasteiger partial charge in [0.05, 0.1) is 24.8 Å². The van der Waals surface area contributed by atoms with Crippen molar-refractivity contribution in [1.82, 2.24) is 5.32 Å². The topological polar surface area (TPSA) is 59.9 Å². The van der Waals surface area contributed by atoms with Gasteiger partial charge in [-0.05, 0) is 65.0 Å². The van der Waals surface area contributed by atoms with Crippen LogP contribution in [0.4, 0.5) is 5.69 Å². The second-order valence-electron chi connectivity index (χ2n) is 6.12. The number of amidine groups is 1. The van der Waals surface area contributed by atoms with Crippen LogP contribution in [-0.2, 0) is 4.79 Å². The van der Waals surface area contributed by atoms with E-state index >= 15 is 0 Å². The van der Waals surface area contributed by atoms with Crippen LogP contribution in [0.1, 0.15) is 5.56 Å². The molecule has 0 spiro atoms. The predicted octanol–water partition coefficient (Wildman–Crippen LogP) is 4.75. The van der Waals surface area contributed by atoms with Gasteiger partial charge in [0.25, 0.3) is 5.91 Å². The van der Waals surface area contributed by atoms with E-state index in [9.17, 15) is 4.79 Å². The van der Waals surface area contributed by atoms with Crippen LogP contribution in [0.3, 0.4) is 0 Å². The Hall–Kier alpha value is -3.25. The smallest absolute Gasteiger partial charge is 0.264 e. The summed E-state index contributed by atoms with van der Waals surface area (Å²) in [6, 6.07) is 19.3. The minimum atomic E-state index is -0.174. The number of hydrogen-bond donors (Lipinski definition) is 1. The zero-order valence-electron chi connectivity index (χ0n) is 15.4. The number of fused-ring (bicyclic) bond motifs is 1. The van der Waals surface area contributed by atoms with Gasteiger partial charge in [-0.15, -0.1) is 0 Å². The first kappa shape index (κ1) is 18.1. The van der Waals surface area contributed by atoms with E-state index in [0.29, 0.717) is 15.8 Å². The Morgan fingerprint density at radius 1 is 0.964 bits per heavy atom. The van der Waals surface area contributed by atoms with Crippen LogP contribution in [0, 0.1) is 0 Å². The largest absolute Gasteiger partial charge is 0.497 e. The van der Waals surface area contributed by atoms with E-state index in [2.05, 4.69) is 10.3 Å². The summed E-state index contributed by atoms with van der Waals surface area (Å²) in [7, 11) is 3.26. The van der Waals surface area contributed by atoms with Gasteiger partial charge in [0, 0.05) is 5.56 Å². The number of ether oxygens (including phenoxy) is 2. The van der Waals surface area contributed by atoms with Crippen LogP contribution in [-0.4, -0.2) is 25.3 Å². The first-order valence-corrected chi connectivity index (χ1v) is 9.48. The van der Waals surface area contributed by atoms with Gasteiger partial charge in [0.1, 0.15) is 11.5 Å². The zero-order chi connectivity index (χ0) is 19.5. The molecule has 1 fully saturated rings. The Morgan fingerprint density at radius 3 is 2.54 bits per heavy atom. The number of amides is 1. The Balaban J connectivity index is 1.70. The van der Waals surface area contributed by atoms with Crippen LogP contribution in [0.2, 0.25) is 0 Å². The van der Waals surface area contributed by atoms with E-state index in [1.54, 1.807) is 14.2 Å². The lowest BCUT2D eigenvalue weighted by atomic mass is 10.0. The molecule has 0 unspecified atom stereocenters. The summed E-state index contributed by atoms with van der Waals surface area (Å²) in [5.41, 5.74) is 1.61. The Morgan fingerprint density at radius 2 is 1.79 bits per heavy atom. The van der Waals surface area contributed by atoms with Gasteiger partial charge in [0.15, 0.2) is 5.17 Å². The van der Waals surface area contributed by atoms with Crippen molar-refractivity contribution in [3.8, 4) is 11.5 Å². The number of hydrogen-bond acceptors (Lipinski definition) is 5. The maximum atomic E-state index is 12.4. The van der Waals surface area contributed by atoms with Gasteiger partial charge < -0.3 is 14.8 Å². The van der Waals surface area contributed by atoms with Gasteiger partial charge in [0.2, 0.25) is 0 Å². The summed E-state index contributed by atoms with van der Waals surface area (Å²) >= 11 is 1.31. The summed E-state index contributed by atoms with van der Waals surface area (Å²) < 4.78 is 10.8. The first-order chi connectivity index (χ1) is 13.7. The Kier molecular flexibility index (Phi) is 5.04. The van der Waals surface area contributed by atoms with Gasteiger partial charge in [-0.2, -0.15) is 0 Å². The van der Waals surface area contributed by atoms with Crippen LogP contribution < -0.4 is 14.8 Å². The SMILES string of the molecule is COc1ccc2cc(OC)c(C=C3SC(=Nc4ccccc4)NC3=O)cc2c1. The lowest BCUT2D eigenvalue weighted by Gasteiger charge is -2.09. The van der Waals surface area contributed by atoms with E-state index in [-0.39, 0.29) is 5.91 Å². The summed E-state index contributed by atoms with van der Waals surface area (Å²) in [6.45, 7) is 0. The van der Waals surface area contributed by atoms with E-state index < -0.39 is 0 Å². The standard InChI is InChI=1S/C22H18N2O3S/c1-26-18-9-8-14-12-19(27-2)16(10-15(14)11-18)13-20-21(25)24-22(28-20)23-17-6-4-3-5-7-17/h3-13H,1-2H3,(H,23,24,25). The van der Waals surface area contributed by atoms with Crippen molar-refractivity contribution < 1.29 is 14.3 Å². The molecule has 0 bridgehead atoms. The summed E-state index contributed by atoms with van der Waals surface area (Å²) in [4.78, 5) is 17.4. The van der Waals surface area contributed by atoms with E-state index in [1.807, 2.05) is 66.7 Å². The molecule has 0 aromatic heterocycles. The molecule has 0 aliphatic carbocycles. The van der Waals surface area contributed by atoms with Crippen molar-refractivity contribution in [3.63, 3.8) is 0 Å². The number of para-hydroxylation sites is 1. The monoisotopic (exact) mass is 390 g/mol. The minimum absolute atomic E-state index is 0.174. The lowest BCUT2D eigenvalue weighted by molar-refractivity contribution is -0.115. The minimum Gasteiger partial charge on any atom is -0.497 e. The molecule has 1 heterocycles. The molecular weight excluding hydrogens is 372 g/mol. The molecule has 1 aliphatic heterocycles. The maximum absolute atomic E-state index is 12.4. The van der Waals surface area contributed by atoms with E-state index in [4.69, 9.17) is 9.47 Å². The van der Waals surface area contributed by atoms with Crippen LogP contribution >= 0.6 is 11.8 Å². The predicted molar refractivity (Wildman–Crippen MR) is 114 cm³/mol. The average Bonchev–Trinajstić information content (AvgIpc) is 3.06. The number of methoxy groups -OCH3 is 2. The average molecular weight is 390 g/mol. The number of carbonyl (C=O) groups is 1. The number of thioether (sulfide) groups is 1. The third kappa shape index (κ3) is 3.73. The number of nitrogens with zero attached hydrogens (tertiary/aromatic N) is 1. The molecule has 140 valence electrons. The summed E-state index contributed by atoms with van der Waals surface area (Å²) in [5.74, 6) is 1.31. The van der Waals surface area contributed by atoms with Crippen molar-refractivity contribution in [3.05, 3.63) is 71.1 Å². The second kappa shape index (κ2) is 7.78. The number of carbonyl (C=O) groups excluding carboxylic acids is 1. The molecule has 1 aliphatic rings. The fourth-order valence-electron chi connectivity index (χ4n) is 2.93. The van der Waals surface area contributed by atoms with E-state index in [0.717, 1.165) is 27.8 Å². The molecule has 6 heteroatoms. The van der Waals surface area contributed by atoms with Crippen LogP contribution in [0.15, 0.2) is 70.6 Å². The first-order valence-electron chi connectivity index (χ1n) is 8.67. The third-order valence-corrected chi connectivity index (χ3v) is 5.23. The molecule has 1 N–H and O–H groups in total. The van der Waals surface area contributed by atoms with Crippen molar-refractivity contribution >= 4 is 45.4 Å². The maximum Gasteiger partial charge on any atom is 0.264 e. The fourth-order valence-corrected chi connectivity index (χ4v) is 3.76. The highest BCUT2D eigenvalue weighted by Gasteiger charge is 2.24. The molecule has 0 saturated carbocycles. The van der Waals surface area contributed by atoms with Crippen LogP contribution in [0.25, 0.3) is 16.8 Å². The number of rotatable bonds is 4. The normalized spacial score (nSPS) is 16.6. The zero-order valence-corrected chi connectivity index (χ0v) is 16.2. The highest BCUT2D eigenvalue weighted by atomic mass is 32.2. The number of benzene rings is 3. The molecule has 5 nitrogen and oxygen atoms in total. The Labute approximate surface area is 167 Å². The molecule has 1 saturated heterocycles. The summed E-state index contributed by atoms with van der Waals surface area (Å²) in [6.07, 6.45) is 1.82. The van der Waals surface area contributed by atoms with Gasteiger partial charge >= 0.3 is 0 Å². The van der Waals surface area contributed by atoms with Gasteiger partial charge in [-0.1, -0.05) is 24.3 Å².